The summed E-state index contributed by atoms with van der Waals surface area (Å²) < 4.78 is 3.08. The minimum atomic E-state index is -0.756. The number of carbonyl (C=O) groups excluding carboxylic acids is 1. The van der Waals surface area contributed by atoms with Gasteiger partial charge in [-0.3, -0.25) is 4.79 Å². The highest BCUT2D eigenvalue weighted by Crippen LogP contribution is 2.39. The summed E-state index contributed by atoms with van der Waals surface area (Å²) in [5, 5.41) is 16.6. The number of nitriles is 1. The Hall–Kier alpha value is -1.69. The Balaban J connectivity index is 1.62. The second-order valence-electron chi connectivity index (χ2n) is 5.81. The quantitative estimate of drug-likeness (QED) is 0.616. The molecule has 1 aliphatic carbocycles. The van der Waals surface area contributed by atoms with Crippen LogP contribution in [-0.4, -0.2) is 27.0 Å². The van der Waals surface area contributed by atoms with E-state index in [9.17, 15) is 10.1 Å². The number of para-hydroxylation sites is 1. The van der Waals surface area contributed by atoms with Crippen molar-refractivity contribution in [3.63, 3.8) is 0 Å². The summed E-state index contributed by atoms with van der Waals surface area (Å²) in [5.74, 6) is 0.347. The Morgan fingerprint density at radius 2 is 2.25 bits per heavy atom. The van der Waals surface area contributed by atoms with Crippen LogP contribution in [0.2, 0.25) is 0 Å². The predicted molar refractivity (Wildman–Crippen MR) is 97.9 cm³/mol. The SMILES string of the molecule is C[C@@](C#N)(NC(=O)CSc1nn(-c2ccccc2)c(=S)s1)C1CC1. The van der Waals surface area contributed by atoms with Gasteiger partial charge in [0, 0.05) is 0 Å². The van der Waals surface area contributed by atoms with Crippen molar-refractivity contribution < 1.29 is 4.79 Å². The van der Waals surface area contributed by atoms with Crippen LogP contribution in [0.4, 0.5) is 0 Å². The number of benzene rings is 1. The minimum Gasteiger partial charge on any atom is -0.337 e. The zero-order valence-electron chi connectivity index (χ0n) is 13.1. The molecule has 0 bridgehead atoms. The van der Waals surface area contributed by atoms with Crippen molar-refractivity contribution in [3.05, 3.63) is 34.3 Å². The van der Waals surface area contributed by atoms with Gasteiger partial charge in [0.1, 0.15) is 5.54 Å². The first-order valence-electron chi connectivity index (χ1n) is 7.52. The average molecular weight is 377 g/mol. The molecule has 0 saturated heterocycles. The molecule has 1 fully saturated rings. The fourth-order valence-electron chi connectivity index (χ4n) is 2.39. The summed E-state index contributed by atoms with van der Waals surface area (Å²) >= 11 is 8.06. The van der Waals surface area contributed by atoms with E-state index in [-0.39, 0.29) is 17.6 Å². The molecule has 1 heterocycles. The molecule has 3 rings (SSSR count). The van der Waals surface area contributed by atoms with Crippen LogP contribution >= 0.6 is 35.3 Å². The van der Waals surface area contributed by atoms with Gasteiger partial charge in [-0.15, -0.1) is 5.10 Å². The highest BCUT2D eigenvalue weighted by atomic mass is 32.2. The molecule has 1 N–H and O–H groups in total. The molecular weight excluding hydrogens is 360 g/mol. The van der Waals surface area contributed by atoms with E-state index in [0.29, 0.717) is 3.95 Å². The van der Waals surface area contributed by atoms with Gasteiger partial charge in [0.2, 0.25) is 5.91 Å². The van der Waals surface area contributed by atoms with Crippen LogP contribution in [0.25, 0.3) is 5.69 Å². The van der Waals surface area contributed by atoms with Gasteiger partial charge in [-0.2, -0.15) is 5.26 Å². The molecule has 1 aliphatic rings. The van der Waals surface area contributed by atoms with E-state index in [2.05, 4.69) is 16.5 Å². The van der Waals surface area contributed by atoms with Crippen molar-refractivity contribution in [3.8, 4) is 11.8 Å². The van der Waals surface area contributed by atoms with Crippen LogP contribution in [0.5, 0.6) is 0 Å². The van der Waals surface area contributed by atoms with E-state index >= 15 is 0 Å². The molecule has 24 heavy (non-hydrogen) atoms. The fraction of sp³-hybridized carbons (Fsp3) is 0.375. The average Bonchev–Trinajstić information content (AvgIpc) is 3.38. The lowest BCUT2D eigenvalue weighted by atomic mass is 9.98. The number of carbonyl (C=O) groups is 1. The maximum atomic E-state index is 12.1. The molecular formula is C16H16N4OS3. The van der Waals surface area contributed by atoms with Crippen LogP contribution in [0.15, 0.2) is 34.7 Å². The molecule has 0 aliphatic heterocycles. The first-order valence-corrected chi connectivity index (χ1v) is 9.73. The van der Waals surface area contributed by atoms with Crippen LogP contribution in [0, 0.1) is 21.2 Å². The van der Waals surface area contributed by atoms with Crippen LogP contribution in [0.1, 0.15) is 19.8 Å². The summed E-state index contributed by atoms with van der Waals surface area (Å²) in [7, 11) is 0. The molecule has 0 spiro atoms. The third-order valence-electron chi connectivity index (χ3n) is 3.88. The molecule has 1 aromatic heterocycles. The third kappa shape index (κ3) is 3.86. The smallest absolute Gasteiger partial charge is 0.231 e. The molecule has 2 aromatic rings. The number of thioether (sulfide) groups is 1. The van der Waals surface area contributed by atoms with E-state index in [4.69, 9.17) is 12.2 Å². The van der Waals surface area contributed by atoms with E-state index in [1.54, 1.807) is 11.6 Å². The largest absolute Gasteiger partial charge is 0.337 e. The number of hydrogen-bond donors (Lipinski definition) is 1. The van der Waals surface area contributed by atoms with E-state index < -0.39 is 5.54 Å². The molecule has 0 radical (unpaired) electrons. The zero-order chi connectivity index (χ0) is 17.2. The third-order valence-corrected chi connectivity index (χ3v) is 6.25. The maximum Gasteiger partial charge on any atom is 0.231 e. The lowest BCUT2D eigenvalue weighted by Crippen LogP contribution is -2.47. The monoisotopic (exact) mass is 376 g/mol. The fourth-order valence-corrected chi connectivity index (χ4v) is 4.55. The van der Waals surface area contributed by atoms with Gasteiger partial charge in [0.15, 0.2) is 8.29 Å². The number of hydrogen-bond acceptors (Lipinski definition) is 6. The lowest BCUT2D eigenvalue weighted by molar-refractivity contribution is -0.119. The van der Waals surface area contributed by atoms with Gasteiger partial charge in [0.05, 0.1) is 17.5 Å². The van der Waals surface area contributed by atoms with Crippen molar-refractivity contribution in [2.24, 2.45) is 5.92 Å². The second-order valence-corrected chi connectivity index (χ2v) is 8.65. The molecule has 8 heteroatoms. The number of aromatic nitrogens is 2. The summed E-state index contributed by atoms with van der Waals surface area (Å²) in [6.45, 7) is 1.79. The first kappa shape index (κ1) is 17.1. The highest BCUT2D eigenvalue weighted by Gasteiger charge is 2.42. The van der Waals surface area contributed by atoms with Crippen LogP contribution < -0.4 is 5.32 Å². The van der Waals surface area contributed by atoms with E-state index in [1.807, 2.05) is 30.3 Å². The lowest BCUT2D eigenvalue weighted by Gasteiger charge is -2.22. The number of nitrogens with one attached hydrogen (secondary N) is 1. The number of rotatable bonds is 6. The van der Waals surface area contributed by atoms with Crippen molar-refractivity contribution >= 4 is 41.2 Å². The minimum absolute atomic E-state index is 0.150. The molecule has 1 amide bonds. The van der Waals surface area contributed by atoms with Crippen LogP contribution in [0.3, 0.4) is 0 Å². The Morgan fingerprint density at radius 1 is 1.54 bits per heavy atom. The maximum absolute atomic E-state index is 12.1. The Labute approximate surface area is 153 Å². The van der Waals surface area contributed by atoms with Crippen molar-refractivity contribution in [2.75, 3.05) is 5.75 Å². The normalized spacial score (nSPS) is 16.2. The van der Waals surface area contributed by atoms with Gasteiger partial charge >= 0.3 is 0 Å². The second kappa shape index (κ2) is 7.05. The molecule has 1 atom stereocenters. The van der Waals surface area contributed by atoms with Gasteiger partial charge in [-0.05, 0) is 50.0 Å². The zero-order valence-corrected chi connectivity index (χ0v) is 15.5. The molecule has 5 nitrogen and oxygen atoms in total. The van der Waals surface area contributed by atoms with Gasteiger partial charge in [0.25, 0.3) is 0 Å². The Kier molecular flexibility index (Phi) is 5.04. The van der Waals surface area contributed by atoms with Crippen molar-refractivity contribution in [1.29, 1.82) is 5.26 Å². The highest BCUT2D eigenvalue weighted by molar-refractivity contribution is 8.01. The summed E-state index contributed by atoms with van der Waals surface area (Å²) in [6, 6.07) is 11.9. The number of amides is 1. The van der Waals surface area contributed by atoms with E-state index in [1.165, 1.54) is 23.1 Å². The topological polar surface area (TPSA) is 70.7 Å². The van der Waals surface area contributed by atoms with Gasteiger partial charge < -0.3 is 5.32 Å². The standard InChI is InChI=1S/C16H16N4OS3/c1-16(10-17,11-7-8-11)18-13(21)9-23-14-19-20(15(22)24-14)12-5-3-2-4-6-12/h2-6,11H,7-9H2,1H3,(H,18,21)/t16-/m0/s1. The number of nitrogens with zero attached hydrogens (tertiary/aromatic N) is 3. The van der Waals surface area contributed by atoms with Crippen molar-refractivity contribution in [2.45, 2.75) is 29.6 Å². The first-order chi connectivity index (χ1) is 11.5. The summed E-state index contributed by atoms with van der Waals surface area (Å²) in [4.78, 5) is 12.1. The molecule has 1 saturated carbocycles. The Bertz CT molecular complexity index is 835. The summed E-state index contributed by atoms with van der Waals surface area (Å²) in [6.07, 6.45) is 2.00. The predicted octanol–water partition coefficient (Wildman–Crippen LogP) is 3.56. The van der Waals surface area contributed by atoms with Crippen LogP contribution in [-0.2, 0) is 4.79 Å². The molecule has 0 unspecified atom stereocenters. The van der Waals surface area contributed by atoms with E-state index in [0.717, 1.165) is 22.9 Å². The Morgan fingerprint density at radius 3 is 2.88 bits per heavy atom. The molecule has 124 valence electrons. The van der Waals surface area contributed by atoms with Gasteiger partial charge in [-0.25, -0.2) is 4.68 Å². The van der Waals surface area contributed by atoms with Gasteiger partial charge in [-0.1, -0.05) is 41.3 Å². The van der Waals surface area contributed by atoms with Crippen molar-refractivity contribution in [1.82, 2.24) is 15.1 Å². The summed E-state index contributed by atoms with van der Waals surface area (Å²) in [5.41, 5.74) is 0.147. The molecule has 1 aromatic carbocycles.